The third kappa shape index (κ3) is 2.39. The molecule has 5 heteroatoms. The third-order valence-corrected chi connectivity index (χ3v) is 3.83. The topological polar surface area (TPSA) is 58.4 Å². The van der Waals surface area contributed by atoms with E-state index in [4.69, 9.17) is 5.11 Å². The van der Waals surface area contributed by atoms with Crippen molar-refractivity contribution in [2.45, 2.75) is 18.9 Å². The van der Waals surface area contributed by atoms with Gasteiger partial charge in [-0.15, -0.1) is 0 Å². The summed E-state index contributed by atoms with van der Waals surface area (Å²) in [5.74, 6) is 0.958. The second-order valence-corrected chi connectivity index (χ2v) is 5.02. The molecule has 0 spiro atoms. The Morgan fingerprint density at radius 1 is 1.20 bits per heavy atom. The number of piperidine rings is 1. The fourth-order valence-corrected chi connectivity index (χ4v) is 2.75. The van der Waals surface area contributed by atoms with Gasteiger partial charge in [0.05, 0.1) is 0 Å². The molecular weight excluding hydrogens is 254 g/mol. The van der Waals surface area contributed by atoms with E-state index in [-0.39, 0.29) is 0 Å². The third-order valence-electron chi connectivity index (χ3n) is 3.83. The summed E-state index contributed by atoms with van der Waals surface area (Å²) in [6.07, 6.45) is 4.65. The van der Waals surface area contributed by atoms with Crippen LogP contribution in [0, 0.1) is 0 Å². The molecule has 0 aliphatic carbocycles. The predicted octanol–water partition coefficient (Wildman–Crippen LogP) is 2.87. The number of likely N-dealkylation sites (tertiary alicyclic amines) is 1. The Labute approximate surface area is 117 Å². The Balaban J connectivity index is 1.80. The maximum Gasteiger partial charge on any atom is 0.407 e. The average molecular weight is 271 g/mol. The highest BCUT2D eigenvalue weighted by atomic mass is 16.4. The van der Waals surface area contributed by atoms with E-state index in [0.29, 0.717) is 19.1 Å². The number of nitrogens with zero attached hydrogens (tertiary/aromatic N) is 3. The van der Waals surface area contributed by atoms with Gasteiger partial charge in [0.2, 0.25) is 0 Å². The second kappa shape index (κ2) is 5.36. The Morgan fingerprint density at radius 3 is 2.55 bits per heavy atom. The SMILES string of the molecule is O=C(O)N1CCC(n2ccnc2-c2ccccc2)CC1. The van der Waals surface area contributed by atoms with Crippen molar-refractivity contribution in [2.24, 2.45) is 0 Å². The molecule has 1 aliphatic rings. The molecule has 2 aromatic rings. The van der Waals surface area contributed by atoms with Crippen LogP contribution in [0.2, 0.25) is 0 Å². The van der Waals surface area contributed by atoms with Gasteiger partial charge in [0.1, 0.15) is 5.82 Å². The summed E-state index contributed by atoms with van der Waals surface area (Å²) >= 11 is 0. The van der Waals surface area contributed by atoms with Crippen LogP contribution in [0.1, 0.15) is 18.9 Å². The van der Waals surface area contributed by atoms with Crippen LogP contribution < -0.4 is 0 Å². The monoisotopic (exact) mass is 271 g/mol. The molecule has 0 bridgehead atoms. The Kier molecular flexibility index (Phi) is 3.41. The van der Waals surface area contributed by atoms with Crippen molar-refractivity contribution >= 4 is 6.09 Å². The quantitative estimate of drug-likeness (QED) is 0.913. The largest absolute Gasteiger partial charge is 0.465 e. The van der Waals surface area contributed by atoms with Gasteiger partial charge in [-0.1, -0.05) is 30.3 Å². The Hall–Kier alpha value is -2.30. The molecule has 1 amide bonds. The lowest BCUT2D eigenvalue weighted by atomic mass is 10.0. The van der Waals surface area contributed by atoms with Crippen LogP contribution in [0.15, 0.2) is 42.7 Å². The van der Waals surface area contributed by atoms with Crippen molar-refractivity contribution in [3.63, 3.8) is 0 Å². The number of carbonyl (C=O) groups is 1. The molecule has 1 N–H and O–H groups in total. The molecule has 1 fully saturated rings. The van der Waals surface area contributed by atoms with Crippen LogP contribution >= 0.6 is 0 Å². The highest BCUT2D eigenvalue weighted by Crippen LogP contribution is 2.27. The van der Waals surface area contributed by atoms with Crippen molar-refractivity contribution in [1.29, 1.82) is 0 Å². The minimum atomic E-state index is -0.822. The van der Waals surface area contributed by atoms with Gasteiger partial charge in [0.25, 0.3) is 0 Å². The second-order valence-electron chi connectivity index (χ2n) is 5.02. The molecule has 104 valence electrons. The van der Waals surface area contributed by atoms with Gasteiger partial charge < -0.3 is 14.6 Å². The summed E-state index contributed by atoms with van der Waals surface area (Å²) in [5, 5.41) is 8.99. The van der Waals surface area contributed by atoms with Crippen LogP contribution in [0.25, 0.3) is 11.4 Å². The van der Waals surface area contributed by atoms with Crippen LogP contribution in [0.5, 0.6) is 0 Å². The number of benzene rings is 1. The van der Waals surface area contributed by atoms with Gasteiger partial charge in [0.15, 0.2) is 0 Å². The number of rotatable bonds is 2. The number of hydrogen-bond donors (Lipinski definition) is 1. The van der Waals surface area contributed by atoms with Crippen molar-refractivity contribution in [1.82, 2.24) is 14.5 Å². The maximum absolute atomic E-state index is 10.9. The van der Waals surface area contributed by atoms with E-state index in [1.807, 2.05) is 42.7 Å². The lowest BCUT2D eigenvalue weighted by molar-refractivity contribution is 0.126. The highest BCUT2D eigenvalue weighted by molar-refractivity contribution is 5.65. The van der Waals surface area contributed by atoms with E-state index >= 15 is 0 Å². The number of imidazole rings is 1. The van der Waals surface area contributed by atoms with Gasteiger partial charge in [-0.05, 0) is 12.8 Å². The molecule has 0 unspecified atom stereocenters. The van der Waals surface area contributed by atoms with E-state index < -0.39 is 6.09 Å². The molecule has 20 heavy (non-hydrogen) atoms. The molecule has 2 heterocycles. The summed E-state index contributed by atoms with van der Waals surface area (Å²) < 4.78 is 2.18. The average Bonchev–Trinajstić information content (AvgIpc) is 2.97. The lowest BCUT2D eigenvalue weighted by Gasteiger charge is -2.31. The molecule has 1 saturated heterocycles. The van der Waals surface area contributed by atoms with Crippen molar-refractivity contribution < 1.29 is 9.90 Å². The first-order valence-electron chi connectivity index (χ1n) is 6.82. The Bertz CT molecular complexity index is 586. The maximum atomic E-state index is 10.9. The fraction of sp³-hybridized carbons (Fsp3) is 0.333. The zero-order valence-corrected chi connectivity index (χ0v) is 11.1. The molecule has 0 radical (unpaired) electrons. The minimum Gasteiger partial charge on any atom is -0.465 e. The zero-order chi connectivity index (χ0) is 13.9. The van der Waals surface area contributed by atoms with Gasteiger partial charge >= 0.3 is 6.09 Å². The first-order valence-corrected chi connectivity index (χ1v) is 6.82. The molecule has 1 aliphatic heterocycles. The van der Waals surface area contributed by atoms with Gasteiger partial charge in [-0.3, -0.25) is 0 Å². The Morgan fingerprint density at radius 2 is 1.90 bits per heavy atom. The van der Waals surface area contributed by atoms with Crippen molar-refractivity contribution in [3.8, 4) is 11.4 Å². The summed E-state index contributed by atoms with van der Waals surface area (Å²) in [4.78, 5) is 16.9. The van der Waals surface area contributed by atoms with E-state index in [1.165, 1.54) is 4.90 Å². The molecule has 3 rings (SSSR count). The van der Waals surface area contributed by atoms with Gasteiger partial charge in [-0.2, -0.15) is 0 Å². The molecule has 1 aromatic heterocycles. The van der Waals surface area contributed by atoms with E-state index in [0.717, 1.165) is 24.2 Å². The first-order chi connectivity index (χ1) is 9.75. The number of carboxylic acid groups (broad SMARTS) is 1. The highest BCUT2D eigenvalue weighted by Gasteiger charge is 2.24. The fourth-order valence-electron chi connectivity index (χ4n) is 2.75. The molecule has 0 saturated carbocycles. The molecular formula is C15H17N3O2. The first kappa shape index (κ1) is 12.7. The van der Waals surface area contributed by atoms with E-state index in [2.05, 4.69) is 9.55 Å². The van der Waals surface area contributed by atoms with Gasteiger partial charge in [0, 0.05) is 37.1 Å². The summed E-state index contributed by atoms with van der Waals surface area (Å²) in [6, 6.07) is 10.4. The summed E-state index contributed by atoms with van der Waals surface area (Å²) in [7, 11) is 0. The zero-order valence-electron chi connectivity index (χ0n) is 11.1. The smallest absolute Gasteiger partial charge is 0.407 e. The number of amides is 1. The van der Waals surface area contributed by atoms with Crippen LogP contribution in [-0.4, -0.2) is 38.7 Å². The molecule has 5 nitrogen and oxygen atoms in total. The normalized spacial score (nSPS) is 16.3. The number of aromatic nitrogens is 2. The predicted molar refractivity (Wildman–Crippen MR) is 75.5 cm³/mol. The van der Waals surface area contributed by atoms with Crippen LogP contribution in [-0.2, 0) is 0 Å². The van der Waals surface area contributed by atoms with Crippen LogP contribution in [0.3, 0.4) is 0 Å². The molecule has 1 aromatic carbocycles. The van der Waals surface area contributed by atoms with Crippen molar-refractivity contribution in [3.05, 3.63) is 42.7 Å². The summed E-state index contributed by atoms with van der Waals surface area (Å²) in [6.45, 7) is 1.18. The standard InChI is InChI=1S/C15H17N3O2/c19-15(20)17-9-6-13(7-10-17)18-11-8-16-14(18)12-4-2-1-3-5-12/h1-5,8,11,13H,6-7,9-10H2,(H,19,20). The van der Waals surface area contributed by atoms with E-state index in [9.17, 15) is 4.79 Å². The lowest BCUT2D eigenvalue weighted by Crippen LogP contribution is -2.38. The number of hydrogen-bond acceptors (Lipinski definition) is 2. The van der Waals surface area contributed by atoms with Crippen LogP contribution in [0.4, 0.5) is 4.79 Å². The van der Waals surface area contributed by atoms with Gasteiger partial charge in [-0.25, -0.2) is 9.78 Å². The summed E-state index contributed by atoms with van der Waals surface area (Å²) in [5.41, 5.74) is 1.10. The minimum absolute atomic E-state index is 0.323. The van der Waals surface area contributed by atoms with E-state index in [1.54, 1.807) is 0 Å². The van der Waals surface area contributed by atoms with Crippen molar-refractivity contribution in [2.75, 3.05) is 13.1 Å². The molecule has 0 atom stereocenters.